The highest BCUT2D eigenvalue weighted by Crippen LogP contribution is 2.28. The summed E-state index contributed by atoms with van der Waals surface area (Å²) in [6.45, 7) is 1.30. The summed E-state index contributed by atoms with van der Waals surface area (Å²) in [5, 5.41) is 9.12. The molecule has 1 aliphatic carbocycles. The molecule has 1 saturated carbocycles. The highest BCUT2D eigenvalue weighted by molar-refractivity contribution is 7.88. The van der Waals surface area contributed by atoms with E-state index in [1.807, 2.05) is 6.19 Å². The third-order valence-corrected chi connectivity index (χ3v) is 5.68. The van der Waals surface area contributed by atoms with Crippen molar-refractivity contribution in [2.24, 2.45) is 10.9 Å². The van der Waals surface area contributed by atoms with Crippen LogP contribution in [-0.4, -0.2) is 44.5 Å². The molecule has 0 aromatic rings. The summed E-state index contributed by atoms with van der Waals surface area (Å²) in [6.07, 6.45) is 15.7. The first-order valence-corrected chi connectivity index (χ1v) is 10.9. The van der Waals surface area contributed by atoms with Crippen molar-refractivity contribution in [3.63, 3.8) is 0 Å². The number of rotatable bonds is 5. The second-order valence-electron chi connectivity index (χ2n) is 6.85. The Morgan fingerprint density at radius 1 is 1.29 bits per heavy atom. The van der Waals surface area contributed by atoms with Gasteiger partial charge in [0.2, 0.25) is 16.2 Å². The lowest BCUT2D eigenvalue weighted by molar-refractivity contribution is 0.235. The van der Waals surface area contributed by atoms with Crippen LogP contribution in [0.25, 0.3) is 0 Å². The summed E-state index contributed by atoms with van der Waals surface area (Å²) in [5.41, 5.74) is 0. The van der Waals surface area contributed by atoms with Gasteiger partial charge in [-0.05, 0) is 32.1 Å². The molecule has 7 heteroatoms. The zero-order valence-corrected chi connectivity index (χ0v) is 15.4. The van der Waals surface area contributed by atoms with Gasteiger partial charge in [0.05, 0.1) is 6.26 Å². The summed E-state index contributed by atoms with van der Waals surface area (Å²) in [5.74, 6) is 0.891. The van der Waals surface area contributed by atoms with Crippen molar-refractivity contribution in [3.8, 4) is 6.19 Å². The van der Waals surface area contributed by atoms with Gasteiger partial charge in [-0.25, -0.2) is 13.1 Å². The number of piperidine rings is 1. The zero-order chi connectivity index (χ0) is 17.4. The Kier molecular flexibility index (Phi) is 7.50. The molecule has 1 heterocycles. The van der Waals surface area contributed by atoms with Gasteiger partial charge < -0.3 is 4.90 Å². The van der Waals surface area contributed by atoms with Gasteiger partial charge in [-0.3, -0.25) is 0 Å². The molecule has 1 unspecified atom stereocenters. The quantitative estimate of drug-likeness (QED) is 0.769. The van der Waals surface area contributed by atoms with E-state index in [1.54, 1.807) is 0 Å². The molecule has 0 aromatic carbocycles. The van der Waals surface area contributed by atoms with E-state index in [0.717, 1.165) is 18.8 Å². The lowest BCUT2D eigenvalue weighted by Gasteiger charge is -2.41. The van der Waals surface area contributed by atoms with Crippen LogP contribution in [0.4, 0.5) is 0 Å². The summed E-state index contributed by atoms with van der Waals surface area (Å²) in [4.78, 5) is 6.46. The second kappa shape index (κ2) is 9.38. The molecule has 1 N–H and O–H groups in total. The maximum absolute atomic E-state index is 11.2. The Bertz CT molecular complexity index is 560. The monoisotopic (exact) mass is 353 g/mol. The predicted octanol–water partition coefficient (Wildman–Crippen LogP) is 2.44. The second-order valence-corrected chi connectivity index (χ2v) is 8.68. The SMILES string of the molecule is CS(=O)(=O)NCCC1[CH]CCN(C2CCCCCCC2)C1=NC#N. The molecule has 0 bridgehead atoms. The lowest BCUT2D eigenvalue weighted by atomic mass is 9.89. The fourth-order valence-electron chi connectivity index (χ4n) is 3.81. The fraction of sp³-hybridized carbons (Fsp3) is 0.824. The maximum Gasteiger partial charge on any atom is 0.208 e. The first-order valence-electron chi connectivity index (χ1n) is 9.02. The van der Waals surface area contributed by atoms with E-state index in [0.29, 0.717) is 19.0 Å². The number of sulfonamides is 1. The number of aliphatic imine (C=N–C) groups is 1. The molecular weight excluding hydrogens is 324 g/mol. The normalized spacial score (nSPS) is 25.9. The van der Waals surface area contributed by atoms with E-state index in [1.165, 1.54) is 51.2 Å². The molecule has 6 nitrogen and oxygen atoms in total. The average Bonchev–Trinajstić information content (AvgIpc) is 2.48. The van der Waals surface area contributed by atoms with Crippen LogP contribution in [0.2, 0.25) is 0 Å². The number of nitrogens with zero attached hydrogens (tertiary/aromatic N) is 3. The summed E-state index contributed by atoms with van der Waals surface area (Å²) in [6, 6.07) is 0.469. The van der Waals surface area contributed by atoms with Gasteiger partial charge in [-0.2, -0.15) is 10.3 Å². The largest absolute Gasteiger partial charge is 0.356 e. The topological polar surface area (TPSA) is 85.6 Å². The number of amidine groups is 1. The molecule has 2 rings (SSSR count). The Hall–Kier alpha value is -1.13. The molecule has 24 heavy (non-hydrogen) atoms. The van der Waals surface area contributed by atoms with Crippen LogP contribution in [0.1, 0.15) is 57.8 Å². The van der Waals surface area contributed by atoms with Crippen LogP contribution in [0.5, 0.6) is 0 Å². The molecular formula is C17H29N4O2S. The van der Waals surface area contributed by atoms with Crippen molar-refractivity contribution in [1.29, 1.82) is 5.26 Å². The average molecular weight is 354 g/mol. The van der Waals surface area contributed by atoms with Crippen LogP contribution in [0.15, 0.2) is 4.99 Å². The predicted molar refractivity (Wildman–Crippen MR) is 95.7 cm³/mol. The molecule has 1 atom stereocenters. The standard InChI is InChI=1S/C17H29N4O2S/c1-24(22,23)20-12-11-15-8-7-13-21(17(15)19-14-18)16-9-5-3-2-4-6-10-16/h8,15-16,20H,2-7,9-13H2,1H3. The van der Waals surface area contributed by atoms with Crippen LogP contribution >= 0.6 is 0 Å². The molecule has 1 saturated heterocycles. The molecule has 2 fully saturated rings. The van der Waals surface area contributed by atoms with Gasteiger partial charge in [0.25, 0.3) is 0 Å². The summed E-state index contributed by atoms with van der Waals surface area (Å²) >= 11 is 0. The molecule has 0 spiro atoms. The van der Waals surface area contributed by atoms with E-state index in [-0.39, 0.29) is 5.92 Å². The molecule has 0 amide bonds. The Morgan fingerprint density at radius 3 is 2.58 bits per heavy atom. The van der Waals surface area contributed by atoms with Crippen molar-refractivity contribution in [1.82, 2.24) is 9.62 Å². The maximum atomic E-state index is 11.2. The molecule has 1 radical (unpaired) electrons. The van der Waals surface area contributed by atoms with Gasteiger partial charge in [0.1, 0.15) is 5.84 Å². The minimum Gasteiger partial charge on any atom is -0.356 e. The minimum atomic E-state index is -3.18. The first kappa shape index (κ1) is 19.2. The van der Waals surface area contributed by atoms with Crippen molar-refractivity contribution >= 4 is 15.9 Å². The molecule has 135 valence electrons. The third-order valence-electron chi connectivity index (χ3n) is 4.95. The van der Waals surface area contributed by atoms with Crippen LogP contribution in [-0.2, 0) is 10.0 Å². The van der Waals surface area contributed by atoms with Gasteiger partial charge in [0.15, 0.2) is 0 Å². The van der Waals surface area contributed by atoms with E-state index >= 15 is 0 Å². The van der Waals surface area contributed by atoms with E-state index < -0.39 is 10.0 Å². The smallest absolute Gasteiger partial charge is 0.208 e. The van der Waals surface area contributed by atoms with Gasteiger partial charge in [-0.15, -0.1) is 0 Å². The molecule has 2 aliphatic rings. The summed E-state index contributed by atoms with van der Waals surface area (Å²) in [7, 11) is -3.18. The minimum absolute atomic E-state index is 0.0538. The first-order chi connectivity index (χ1) is 11.5. The highest BCUT2D eigenvalue weighted by Gasteiger charge is 2.31. The Labute approximate surface area is 146 Å². The Balaban J connectivity index is 2.04. The van der Waals surface area contributed by atoms with Crippen LogP contribution < -0.4 is 4.72 Å². The number of hydrogen-bond acceptors (Lipinski definition) is 4. The fourth-order valence-corrected chi connectivity index (χ4v) is 4.30. The van der Waals surface area contributed by atoms with E-state index in [2.05, 4.69) is 21.0 Å². The highest BCUT2D eigenvalue weighted by atomic mass is 32.2. The molecule has 1 aliphatic heterocycles. The molecule has 0 aromatic heterocycles. The van der Waals surface area contributed by atoms with Crippen LogP contribution in [0.3, 0.4) is 0 Å². The number of nitriles is 1. The van der Waals surface area contributed by atoms with Crippen molar-refractivity contribution in [2.45, 2.75) is 63.8 Å². The van der Waals surface area contributed by atoms with Gasteiger partial charge in [-0.1, -0.05) is 32.1 Å². The third kappa shape index (κ3) is 6.06. The van der Waals surface area contributed by atoms with Gasteiger partial charge >= 0.3 is 0 Å². The summed E-state index contributed by atoms with van der Waals surface area (Å²) < 4.78 is 25.0. The number of hydrogen-bond donors (Lipinski definition) is 1. The van der Waals surface area contributed by atoms with Crippen molar-refractivity contribution in [2.75, 3.05) is 19.3 Å². The van der Waals surface area contributed by atoms with Crippen molar-refractivity contribution < 1.29 is 8.42 Å². The lowest BCUT2D eigenvalue weighted by Crippen LogP contribution is -2.48. The van der Waals surface area contributed by atoms with E-state index in [4.69, 9.17) is 5.26 Å². The Morgan fingerprint density at radius 2 is 1.96 bits per heavy atom. The van der Waals surface area contributed by atoms with Crippen LogP contribution in [0, 0.1) is 23.8 Å². The number of likely N-dealkylation sites (tertiary alicyclic amines) is 1. The zero-order valence-electron chi connectivity index (χ0n) is 14.6. The number of nitrogens with one attached hydrogen (secondary N) is 1. The van der Waals surface area contributed by atoms with Crippen molar-refractivity contribution in [3.05, 3.63) is 6.42 Å². The van der Waals surface area contributed by atoms with Gasteiger partial charge in [0, 0.05) is 25.0 Å². The van der Waals surface area contributed by atoms with E-state index in [9.17, 15) is 8.42 Å².